The number of allylic oxidation sites excluding steroid dienone is 1. The summed E-state index contributed by atoms with van der Waals surface area (Å²) in [6.45, 7) is 13.5. The van der Waals surface area contributed by atoms with Crippen molar-refractivity contribution in [2.24, 2.45) is 40.4 Å². The summed E-state index contributed by atoms with van der Waals surface area (Å²) < 4.78 is 12.6. The highest BCUT2D eigenvalue weighted by Crippen LogP contribution is 2.74. The molecule has 0 unspecified atom stereocenters. The number of aliphatic hydroxyl groups is 1. The Morgan fingerprint density at radius 3 is 2.71 bits per heavy atom. The van der Waals surface area contributed by atoms with Crippen LogP contribution in [0.15, 0.2) is 23.8 Å². The lowest BCUT2D eigenvalue weighted by Crippen LogP contribution is -2.58. The Hall–Kier alpha value is -1.13. The monoisotopic (exact) mass is 482 g/mol. The average Bonchev–Trinajstić information content (AvgIpc) is 3.41. The van der Waals surface area contributed by atoms with Gasteiger partial charge < -0.3 is 14.6 Å². The van der Waals surface area contributed by atoms with Gasteiger partial charge in [0.1, 0.15) is 11.7 Å². The number of hydrogen-bond donors (Lipinski definition) is 1. The van der Waals surface area contributed by atoms with E-state index in [1.165, 1.54) is 37.7 Å². The molecule has 0 amide bonds. The Labute approximate surface area is 211 Å². The van der Waals surface area contributed by atoms with Crippen molar-refractivity contribution < 1.29 is 19.4 Å². The predicted molar refractivity (Wildman–Crippen MR) is 137 cm³/mol. The van der Waals surface area contributed by atoms with Crippen LogP contribution in [0.3, 0.4) is 0 Å². The van der Waals surface area contributed by atoms with Crippen molar-refractivity contribution in [3.63, 3.8) is 0 Å². The fraction of sp³-hybridized carbons (Fsp3) is 0.839. The number of rotatable bonds is 5. The number of ether oxygens (including phenoxy) is 2. The minimum atomic E-state index is -0.178. The van der Waals surface area contributed by atoms with Gasteiger partial charge in [-0.05, 0) is 92.8 Å². The van der Waals surface area contributed by atoms with E-state index >= 15 is 0 Å². The van der Waals surface area contributed by atoms with E-state index in [4.69, 9.17) is 9.47 Å². The molecule has 4 saturated carbocycles. The molecular weight excluding hydrogens is 436 g/mol. The number of cyclic esters (lactones) is 1. The first-order valence-corrected chi connectivity index (χ1v) is 14.6. The maximum Gasteiger partial charge on any atom is 0.334 e. The number of carbonyl (C=O) groups excluding carboxylic acids is 1. The molecular formula is C31H46O4. The van der Waals surface area contributed by atoms with Crippen LogP contribution in [0.25, 0.3) is 0 Å². The molecule has 4 heteroatoms. The summed E-state index contributed by atoms with van der Waals surface area (Å²) in [7, 11) is 0. The minimum absolute atomic E-state index is 0.00688. The zero-order valence-electron chi connectivity index (χ0n) is 22.4. The van der Waals surface area contributed by atoms with Crippen molar-refractivity contribution in [2.45, 2.75) is 122 Å². The van der Waals surface area contributed by atoms with Crippen molar-refractivity contribution >= 4 is 5.97 Å². The Morgan fingerprint density at radius 1 is 1.17 bits per heavy atom. The Kier molecular flexibility index (Phi) is 5.66. The number of hydrogen-bond acceptors (Lipinski definition) is 4. The Balaban J connectivity index is 1.22. The lowest BCUT2D eigenvalue weighted by Gasteiger charge is -2.59. The summed E-state index contributed by atoms with van der Waals surface area (Å²) in [5, 5.41) is 10.4. The van der Waals surface area contributed by atoms with Gasteiger partial charge in [-0.1, -0.05) is 39.3 Å². The van der Waals surface area contributed by atoms with E-state index < -0.39 is 0 Å². The van der Waals surface area contributed by atoms with E-state index in [0.29, 0.717) is 29.8 Å². The summed E-state index contributed by atoms with van der Waals surface area (Å²) in [4.78, 5) is 12.9. The molecule has 0 aromatic rings. The second kappa shape index (κ2) is 8.18. The normalized spacial score (nSPS) is 51.5. The van der Waals surface area contributed by atoms with Gasteiger partial charge in [-0.2, -0.15) is 0 Å². The maximum atomic E-state index is 12.9. The van der Waals surface area contributed by atoms with Crippen molar-refractivity contribution in [3.8, 4) is 0 Å². The van der Waals surface area contributed by atoms with Crippen molar-refractivity contribution in [1.29, 1.82) is 0 Å². The molecule has 0 bridgehead atoms. The van der Waals surface area contributed by atoms with Crippen LogP contribution >= 0.6 is 0 Å². The largest absolute Gasteiger partial charge is 0.458 e. The van der Waals surface area contributed by atoms with Crippen LogP contribution in [0.4, 0.5) is 0 Å². The van der Waals surface area contributed by atoms with Gasteiger partial charge in [0.2, 0.25) is 0 Å². The van der Waals surface area contributed by atoms with Crippen molar-refractivity contribution in [3.05, 3.63) is 23.8 Å². The molecule has 4 aliphatic carbocycles. The van der Waals surface area contributed by atoms with Crippen LogP contribution in [-0.2, 0) is 14.3 Å². The lowest BCUT2D eigenvalue weighted by atomic mass is 9.44. The highest BCUT2D eigenvalue weighted by atomic mass is 16.6. The SMILES string of the molecule is C=CCC1=C(CC)C[C@H]([C@@H](C)[C@H]2CC[C@H]3[C@@H]4C[C@@H]5O[C@@]56C[C@@H](O)CC[C@]6(C)[C@H]4CC[C@]23C)OC1=O. The van der Waals surface area contributed by atoms with E-state index in [-0.39, 0.29) is 29.2 Å². The molecule has 11 atom stereocenters. The first kappa shape index (κ1) is 24.2. The quantitative estimate of drug-likeness (QED) is 0.281. The van der Waals surface area contributed by atoms with Crippen LogP contribution in [-0.4, -0.2) is 35.0 Å². The molecule has 0 aromatic carbocycles. The maximum absolute atomic E-state index is 12.9. The fourth-order valence-corrected chi connectivity index (χ4v) is 10.6. The molecule has 6 aliphatic rings. The molecule has 5 fully saturated rings. The summed E-state index contributed by atoms with van der Waals surface area (Å²) in [6, 6.07) is 0. The standard InChI is InChI=1S/C31H46O4/c1-6-8-21-19(7-2)15-26(34-28(21)33)18(3)23-9-10-24-22-16-27-31(35-27)17-20(32)11-14-30(31,5)25(22)12-13-29(23,24)4/h6,18,20,22-27,32H,1,7-17H2,2-5H3/t18-,20-,22-,23+,24-,25-,26+,27-,29+,30+,31-/m0/s1. The Bertz CT molecular complexity index is 938. The molecule has 0 aromatic heterocycles. The number of esters is 1. The van der Waals surface area contributed by atoms with Gasteiger partial charge in [0.05, 0.1) is 12.2 Å². The second-order valence-electron chi connectivity index (χ2n) is 13.6. The molecule has 4 nitrogen and oxygen atoms in total. The highest BCUT2D eigenvalue weighted by Gasteiger charge is 2.76. The van der Waals surface area contributed by atoms with Crippen LogP contribution in [0.5, 0.6) is 0 Å². The van der Waals surface area contributed by atoms with E-state index in [1.54, 1.807) is 0 Å². The molecule has 2 heterocycles. The summed E-state index contributed by atoms with van der Waals surface area (Å²) >= 11 is 0. The van der Waals surface area contributed by atoms with E-state index in [9.17, 15) is 9.90 Å². The third-order valence-corrected chi connectivity index (χ3v) is 12.5. The smallest absolute Gasteiger partial charge is 0.334 e. The first-order chi connectivity index (χ1) is 16.7. The van der Waals surface area contributed by atoms with Gasteiger partial charge in [0, 0.05) is 23.8 Å². The molecule has 35 heavy (non-hydrogen) atoms. The van der Waals surface area contributed by atoms with Crippen LogP contribution in [0, 0.1) is 40.4 Å². The molecule has 2 aliphatic heterocycles. The number of epoxide rings is 1. The topological polar surface area (TPSA) is 59.1 Å². The third-order valence-electron chi connectivity index (χ3n) is 12.5. The summed E-state index contributed by atoms with van der Waals surface area (Å²) in [6.07, 6.45) is 13.7. The Morgan fingerprint density at radius 2 is 1.97 bits per heavy atom. The van der Waals surface area contributed by atoms with Crippen LogP contribution < -0.4 is 0 Å². The fourth-order valence-electron chi connectivity index (χ4n) is 10.6. The van der Waals surface area contributed by atoms with Crippen LogP contribution in [0.2, 0.25) is 0 Å². The van der Waals surface area contributed by atoms with E-state index in [2.05, 4.69) is 34.3 Å². The number of carbonyl (C=O) groups is 1. The van der Waals surface area contributed by atoms with E-state index in [1.807, 2.05) is 6.08 Å². The molecule has 0 radical (unpaired) electrons. The minimum Gasteiger partial charge on any atom is -0.458 e. The molecule has 194 valence electrons. The van der Waals surface area contributed by atoms with Gasteiger partial charge in [0.25, 0.3) is 0 Å². The molecule has 6 rings (SSSR count). The number of aliphatic hydroxyl groups excluding tert-OH is 1. The third kappa shape index (κ3) is 3.27. The summed E-state index contributed by atoms with van der Waals surface area (Å²) in [5.74, 6) is 3.11. The highest BCUT2D eigenvalue weighted by molar-refractivity contribution is 5.90. The predicted octanol–water partition coefficient (Wildman–Crippen LogP) is 6.37. The molecule has 1 saturated heterocycles. The molecule has 1 spiro atoms. The van der Waals surface area contributed by atoms with E-state index in [0.717, 1.165) is 55.4 Å². The van der Waals surface area contributed by atoms with Gasteiger partial charge >= 0.3 is 5.97 Å². The van der Waals surface area contributed by atoms with Gasteiger partial charge in [-0.25, -0.2) is 4.79 Å². The zero-order chi connectivity index (χ0) is 24.8. The number of fused-ring (bicyclic) bond motifs is 4. The first-order valence-electron chi connectivity index (χ1n) is 14.6. The van der Waals surface area contributed by atoms with Crippen molar-refractivity contribution in [1.82, 2.24) is 0 Å². The molecule has 1 N–H and O–H groups in total. The summed E-state index contributed by atoms with van der Waals surface area (Å²) in [5.41, 5.74) is 2.65. The van der Waals surface area contributed by atoms with Crippen molar-refractivity contribution in [2.75, 3.05) is 0 Å². The lowest BCUT2D eigenvalue weighted by molar-refractivity contribution is -0.153. The second-order valence-corrected chi connectivity index (χ2v) is 13.6. The van der Waals surface area contributed by atoms with Gasteiger partial charge in [-0.3, -0.25) is 0 Å². The zero-order valence-corrected chi connectivity index (χ0v) is 22.4. The van der Waals surface area contributed by atoms with Gasteiger partial charge in [-0.15, -0.1) is 6.58 Å². The van der Waals surface area contributed by atoms with Gasteiger partial charge in [0.15, 0.2) is 0 Å². The average molecular weight is 483 g/mol. The van der Waals surface area contributed by atoms with Crippen LogP contribution in [0.1, 0.15) is 98.3 Å².